The molecule has 1 aliphatic heterocycles. The second-order valence-corrected chi connectivity index (χ2v) is 7.09. The maximum absolute atomic E-state index is 12.8. The molecule has 1 aromatic rings. The third-order valence-corrected chi connectivity index (χ3v) is 5.83. The highest BCUT2D eigenvalue weighted by Gasteiger charge is 2.60. The van der Waals surface area contributed by atoms with E-state index in [1.165, 1.54) is 24.3 Å². The summed E-state index contributed by atoms with van der Waals surface area (Å²) in [6, 6.07) is 4.09. The van der Waals surface area contributed by atoms with E-state index in [1.807, 2.05) is 12.2 Å². The number of carbonyl (C=O) groups is 2. The van der Waals surface area contributed by atoms with Crippen molar-refractivity contribution in [1.29, 1.82) is 0 Å². The second kappa shape index (κ2) is 6.00. The van der Waals surface area contributed by atoms with Crippen LogP contribution in [0.5, 0.6) is 0 Å². The summed E-state index contributed by atoms with van der Waals surface area (Å²) in [4.78, 5) is 36.8. The number of benzene rings is 1. The molecule has 1 saturated carbocycles. The maximum atomic E-state index is 12.8. The van der Waals surface area contributed by atoms with Crippen LogP contribution in [0.4, 0.5) is 5.69 Å². The molecule has 0 aromatic heterocycles. The number of amides is 2. The number of aliphatic hydroxyl groups excluding tert-OH is 2. The van der Waals surface area contributed by atoms with Crippen LogP contribution in [0.1, 0.15) is 18.1 Å². The zero-order valence-corrected chi connectivity index (χ0v) is 13.8. The van der Waals surface area contributed by atoms with Gasteiger partial charge in [-0.2, -0.15) is 0 Å². The Hall–Kier alpha value is -2.58. The number of fused-ring (bicyclic) bond motifs is 5. The highest BCUT2D eigenvalue weighted by Crippen LogP contribution is 2.53. The van der Waals surface area contributed by atoms with Crippen molar-refractivity contribution in [2.45, 2.75) is 18.6 Å². The minimum atomic E-state index is -1.32. The van der Waals surface area contributed by atoms with Crippen molar-refractivity contribution in [3.05, 3.63) is 52.1 Å². The Bertz CT molecular complexity index is 774. The fraction of sp³-hybridized carbons (Fsp3) is 0.444. The van der Waals surface area contributed by atoms with E-state index in [9.17, 15) is 29.9 Å². The van der Waals surface area contributed by atoms with E-state index < -0.39 is 35.5 Å². The van der Waals surface area contributed by atoms with Gasteiger partial charge in [0.05, 0.1) is 29.4 Å². The van der Waals surface area contributed by atoms with Crippen LogP contribution in [0.3, 0.4) is 0 Å². The number of hydrogen-bond donors (Lipinski definition) is 2. The molecule has 1 saturated heterocycles. The van der Waals surface area contributed by atoms with Gasteiger partial charge in [0.2, 0.25) is 11.8 Å². The topological polar surface area (TPSA) is 121 Å². The molecule has 2 amide bonds. The van der Waals surface area contributed by atoms with Crippen molar-refractivity contribution in [3.8, 4) is 0 Å². The van der Waals surface area contributed by atoms with Gasteiger partial charge in [0.15, 0.2) is 0 Å². The molecule has 1 aromatic carbocycles. The van der Waals surface area contributed by atoms with Gasteiger partial charge >= 0.3 is 0 Å². The Kier molecular flexibility index (Phi) is 3.89. The molecule has 2 aliphatic carbocycles. The van der Waals surface area contributed by atoms with Crippen molar-refractivity contribution >= 4 is 17.5 Å². The van der Waals surface area contributed by atoms with Gasteiger partial charge in [0.1, 0.15) is 6.10 Å². The first-order valence-electron chi connectivity index (χ1n) is 8.52. The van der Waals surface area contributed by atoms with Crippen LogP contribution in [0.15, 0.2) is 36.4 Å². The molecule has 136 valence electrons. The summed E-state index contributed by atoms with van der Waals surface area (Å²) in [5, 5.41) is 31.1. The summed E-state index contributed by atoms with van der Waals surface area (Å²) in [6.07, 6.45) is 3.43. The Morgan fingerprint density at radius 3 is 2.12 bits per heavy atom. The standard InChI is InChI=1S/C18H18N2O6/c21-8-13(16(22)9-3-5-12(6-4-9)20(25)26)19-17(23)14-10-1-2-11(7-10)15(14)18(19)24/h1-6,10-11,13-16,21-22H,7-8H2/t10-,11-,13+,14-,15-,16-/m0/s1. The van der Waals surface area contributed by atoms with Crippen LogP contribution in [-0.4, -0.2) is 44.5 Å². The molecule has 8 heteroatoms. The van der Waals surface area contributed by atoms with Crippen molar-refractivity contribution in [1.82, 2.24) is 4.90 Å². The van der Waals surface area contributed by atoms with Gasteiger partial charge in [0, 0.05) is 12.1 Å². The second-order valence-electron chi connectivity index (χ2n) is 7.09. The van der Waals surface area contributed by atoms with Gasteiger partial charge < -0.3 is 10.2 Å². The number of rotatable bonds is 5. The zero-order valence-electron chi connectivity index (χ0n) is 13.8. The van der Waals surface area contributed by atoms with E-state index in [0.29, 0.717) is 5.56 Å². The van der Waals surface area contributed by atoms with E-state index in [0.717, 1.165) is 11.3 Å². The minimum absolute atomic E-state index is 0.0438. The van der Waals surface area contributed by atoms with Crippen molar-refractivity contribution in [2.75, 3.05) is 6.61 Å². The third kappa shape index (κ3) is 2.29. The quantitative estimate of drug-likeness (QED) is 0.347. The molecule has 2 bridgehead atoms. The monoisotopic (exact) mass is 358 g/mol. The Morgan fingerprint density at radius 2 is 1.65 bits per heavy atom. The molecule has 8 nitrogen and oxygen atoms in total. The molecule has 1 heterocycles. The smallest absolute Gasteiger partial charge is 0.269 e. The van der Waals surface area contributed by atoms with Gasteiger partial charge in [-0.15, -0.1) is 0 Å². The highest BCUT2D eigenvalue weighted by molar-refractivity contribution is 6.06. The number of nitro benzene ring substituents is 1. The van der Waals surface area contributed by atoms with Crippen LogP contribution >= 0.6 is 0 Å². The number of imide groups is 1. The molecule has 2 N–H and O–H groups in total. The summed E-state index contributed by atoms with van der Waals surface area (Å²) in [6.45, 7) is -0.585. The first-order valence-corrected chi connectivity index (χ1v) is 8.52. The summed E-state index contributed by atoms with van der Waals surface area (Å²) in [7, 11) is 0. The fourth-order valence-corrected chi connectivity index (χ4v) is 4.59. The average Bonchev–Trinajstić information content (AvgIpc) is 3.31. The summed E-state index contributed by atoms with van der Waals surface area (Å²) in [5.74, 6) is -1.43. The van der Waals surface area contributed by atoms with Crippen molar-refractivity contribution < 1.29 is 24.7 Å². The molecule has 0 spiro atoms. The molecule has 2 fully saturated rings. The lowest BCUT2D eigenvalue weighted by Crippen LogP contribution is -2.47. The highest BCUT2D eigenvalue weighted by atomic mass is 16.6. The molecule has 26 heavy (non-hydrogen) atoms. The lowest BCUT2D eigenvalue weighted by molar-refractivity contribution is -0.384. The van der Waals surface area contributed by atoms with Crippen LogP contribution in [0, 0.1) is 33.8 Å². The Labute approximate surface area is 148 Å². The summed E-state index contributed by atoms with van der Waals surface area (Å²) in [5.41, 5.74) is 0.167. The van der Waals surface area contributed by atoms with E-state index >= 15 is 0 Å². The number of hydrogen-bond acceptors (Lipinski definition) is 6. The number of aliphatic hydroxyl groups is 2. The van der Waals surface area contributed by atoms with Gasteiger partial charge in [-0.05, 0) is 36.0 Å². The first-order chi connectivity index (χ1) is 12.4. The molecule has 4 rings (SSSR count). The van der Waals surface area contributed by atoms with Gasteiger partial charge in [-0.3, -0.25) is 24.6 Å². The minimum Gasteiger partial charge on any atom is -0.394 e. The average molecular weight is 358 g/mol. The SMILES string of the molecule is O=C1[C@@H]2[C@@H](C(=O)N1[C@H](CO)[C@@H](O)c1ccc([N+](=O)[O-])cc1)[C@H]1C=C[C@H]2C1. The number of likely N-dealkylation sites (tertiary alicyclic amines) is 1. The predicted octanol–water partition coefficient (Wildman–Crippen LogP) is 0.796. The van der Waals surface area contributed by atoms with Gasteiger partial charge in [-0.1, -0.05) is 12.2 Å². The van der Waals surface area contributed by atoms with Crippen LogP contribution in [0.25, 0.3) is 0 Å². The number of carbonyl (C=O) groups excluding carboxylic acids is 2. The Balaban J connectivity index is 1.60. The van der Waals surface area contributed by atoms with E-state index in [-0.39, 0.29) is 29.3 Å². The van der Waals surface area contributed by atoms with Crippen molar-refractivity contribution in [2.24, 2.45) is 23.7 Å². The molecular formula is C18H18N2O6. The lowest BCUT2D eigenvalue weighted by Gasteiger charge is -2.30. The Morgan fingerprint density at radius 1 is 1.12 bits per heavy atom. The van der Waals surface area contributed by atoms with Gasteiger partial charge in [-0.25, -0.2) is 0 Å². The molecule has 0 unspecified atom stereocenters. The number of allylic oxidation sites excluding steroid dienone is 2. The fourth-order valence-electron chi connectivity index (χ4n) is 4.59. The van der Waals surface area contributed by atoms with E-state index in [2.05, 4.69) is 0 Å². The molecular weight excluding hydrogens is 340 g/mol. The predicted molar refractivity (Wildman–Crippen MR) is 88.5 cm³/mol. The summed E-state index contributed by atoms with van der Waals surface area (Å²) >= 11 is 0. The third-order valence-electron chi connectivity index (χ3n) is 5.83. The summed E-state index contributed by atoms with van der Waals surface area (Å²) < 4.78 is 0. The van der Waals surface area contributed by atoms with Crippen LogP contribution < -0.4 is 0 Å². The molecule has 3 aliphatic rings. The van der Waals surface area contributed by atoms with Crippen molar-refractivity contribution in [3.63, 3.8) is 0 Å². The van der Waals surface area contributed by atoms with E-state index in [1.54, 1.807) is 0 Å². The number of nitrogens with zero attached hydrogens (tertiary/aromatic N) is 2. The maximum Gasteiger partial charge on any atom is 0.269 e. The normalized spacial score (nSPS) is 31.4. The number of nitro groups is 1. The largest absolute Gasteiger partial charge is 0.394 e. The zero-order chi connectivity index (χ0) is 18.6. The van der Waals surface area contributed by atoms with E-state index in [4.69, 9.17) is 0 Å². The van der Waals surface area contributed by atoms with Gasteiger partial charge in [0.25, 0.3) is 5.69 Å². The first kappa shape index (κ1) is 16.9. The number of non-ortho nitro benzene ring substituents is 1. The lowest BCUT2D eigenvalue weighted by atomic mass is 9.85. The van der Waals surface area contributed by atoms with Crippen LogP contribution in [-0.2, 0) is 9.59 Å². The molecule has 6 atom stereocenters. The van der Waals surface area contributed by atoms with Crippen LogP contribution in [0.2, 0.25) is 0 Å². The molecule has 0 radical (unpaired) electrons.